The second-order valence-electron chi connectivity index (χ2n) is 3.60. The number of hydrogen-bond acceptors (Lipinski definition) is 2. The molecule has 0 aromatic rings. The molecule has 4 heteroatoms. The lowest BCUT2D eigenvalue weighted by Crippen LogP contribution is -2.29. The topological polar surface area (TPSA) is 55.1 Å². The standard InChI is InChI=1S/C10H14N2O.ClH/c11-10(13)8-5-7-3-1-2-4-9(7)12-6-8;/h5,12H,1-4,6H2,(H2,11,13);1H. The minimum Gasteiger partial charge on any atom is -0.384 e. The fourth-order valence-electron chi connectivity index (χ4n) is 1.91. The minimum absolute atomic E-state index is 0. The van der Waals surface area contributed by atoms with Gasteiger partial charge < -0.3 is 11.1 Å². The number of rotatable bonds is 1. The predicted octanol–water partition coefficient (Wildman–Crippen LogP) is 1.25. The molecule has 0 spiro atoms. The average Bonchev–Trinajstić information content (AvgIpc) is 2.17. The summed E-state index contributed by atoms with van der Waals surface area (Å²) in [6, 6.07) is 0. The lowest BCUT2D eigenvalue weighted by atomic mass is 9.92. The van der Waals surface area contributed by atoms with Crippen LogP contribution in [-0.4, -0.2) is 12.5 Å². The second kappa shape index (κ2) is 4.51. The number of amides is 1. The van der Waals surface area contributed by atoms with E-state index in [1.54, 1.807) is 0 Å². The second-order valence-corrected chi connectivity index (χ2v) is 3.60. The Kier molecular flexibility index (Phi) is 3.58. The van der Waals surface area contributed by atoms with Crippen molar-refractivity contribution in [3.8, 4) is 0 Å². The summed E-state index contributed by atoms with van der Waals surface area (Å²) in [6.45, 7) is 0.605. The zero-order valence-electron chi connectivity index (χ0n) is 8.01. The Balaban J connectivity index is 0.000000980. The zero-order valence-corrected chi connectivity index (χ0v) is 8.82. The van der Waals surface area contributed by atoms with Gasteiger partial charge in [-0.25, -0.2) is 0 Å². The maximum absolute atomic E-state index is 10.9. The van der Waals surface area contributed by atoms with E-state index >= 15 is 0 Å². The fraction of sp³-hybridized carbons (Fsp3) is 0.500. The number of carbonyl (C=O) groups is 1. The van der Waals surface area contributed by atoms with Gasteiger partial charge >= 0.3 is 0 Å². The third kappa shape index (κ3) is 2.10. The Labute approximate surface area is 89.8 Å². The summed E-state index contributed by atoms with van der Waals surface area (Å²) < 4.78 is 0. The van der Waals surface area contributed by atoms with Crippen LogP contribution in [-0.2, 0) is 4.79 Å². The van der Waals surface area contributed by atoms with Crippen LogP contribution in [0.1, 0.15) is 25.7 Å². The van der Waals surface area contributed by atoms with Crippen molar-refractivity contribution in [2.45, 2.75) is 25.7 Å². The number of carbonyl (C=O) groups excluding carboxylic acids is 1. The van der Waals surface area contributed by atoms with Gasteiger partial charge in [-0.1, -0.05) is 0 Å². The Bertz CT molecular complexity index is 307. The third-order valence-corrected chi connectivity index (χ3v) is 2.67. The van der Waals surface area contributed by atoms with E-state index in [-0.39, 0.29) is 18.3 Å². The molecule has 14 heavy (non-hydrogen) atoms. The molecule has 0 unspecified atom stereocenters. The molecule has 0 bridgehead atoms. The van der Waals surface area contributed by atoms with Gasteiger partial charge in [0.25, 0.3) is 0 Å². The normalized spacial score (nSPS) is 20.1. The van der Waals surface area contributed by atoms with Crippen LogP contribution in [0.3, 0.4) is 0 Å². The molecule has 0 radical (unpaired) electrons. The first-order chi connectivity index (χ1) is 6.27. The van der Waals surface area contributed by atoms with E-state index < -0.39 is 0 Å². The van der Waals surface area contributed by atoms with Gasteiger partial charge in [0, 0.05) is 17.8 Å². The maximum Gasteiger partial charge on any atom is 0.246 e. The zero-order chi connectivity index (χ0) is 9.26. The molecule has 0 fully saturated rings. The van der Waals surface area contributed by atoms with Crippen molar-refractivity contribution in [1.82, 2.24) is 5.32 Å². The fourth-order valence-corrected chi connectivity index (χ4v) is 1.91. The van der Waals surface area contributed by atoms with E-state index in [1.165, 1.54) is 24.1 Å². The van der Waals surface area contributed by atoms with Crippen molar-refractivity contribution >= 4 is 18.3 Å². The summed E-state index contributed by atoms with van der Waals surface area (Å²) in [4.78, 5) is 10.9. The van der Waals surface area contributed by atoms with Gasteiger partial charge in [-0.15, -0.1) is 12.4 Å². The minimum atomic E-state index is -0.301. The molecule has 1 aliphatic carbocycles. The van der Waals surface area contributed by atoms with Crippen molar-refractivity contribution in [3.05, 3.63) is 22.9 Å². The molecular formula is C10H15ClN2O. The van der Waals surface area contributed by atoms with Crippen molar-refractivity contribution in [1.29, 1.82) is 0 Å². The van der Waals surface area contributed by atoms with Crippen LogP contribution in [0.25, 0.3) is 0 Å². The smallest absolute Gasteiger partial charge is 0.246 e. The molecule has 0 saturated heterocycles. The number of primary amides is 1. The highest BCUT2D eigenvalue weighted by Crippen LogP contribution is 2.27. The summed E-state index contributed by atoms with van der Waals surface area (Å²) in [5.41, 5.74) is 8.53. The number of allylic oxidation sites excluding steroid dienone is 3. The van der Waals surface area contributed by atoms with Gasteiger partial charge in [0.2, 0.25) is 5.91 Å². The Morgan fingerprint density at radius 3 is 2.79 bits per heavy atom. The number of hydrogen-bond donors (Lipinski definition) is 2. The van der Waals surface area contributed by atoms with Crippen LogP contribution >= 0.6 is 12.4 Å². The summed E-state index contributed by atoms with van der Waals surface area (Å²) in [5.74, 6) is -0.301. The van der Waals surface area contributed by atoms with E-state index in [9.17, 15) is 4.79 Å². The summed E-state index contributed by atoms with van der Waals surface area (Å²) in [5, 5.41) is 3.26. The molecule has 3 nitrogen and oxygen atoms in total. The molecule has 0 saturated carbocycles. The molecule has 2 rings (SSSR count). The monoisotopic (exact) mass is 214 g/mol. The highest BCUT2D eigenvalue weighted by Gasteiger charge is 2.17. The van der Waals surface area contributed by atoms with E-state index in [0.29, 0.717) is 12.1 Å². The summed E-state index contributed by atoms with van der Waals surface area (Å²) in [7, 11) is 0. The first-order valence-electron chi connectivity index (χ1n) is 4.73. The van der Waals surface area contributed by atoms with Crippen molar-refractivity contribution in [2.24, 2.45) is 5.73 Å². The largest absolute Gasteiger partial charge is 0.384 e. The van der Waals surface area contributed by atoms with Crippen LogP contribution in [0.2, 0.25) is 0 Å². The quantitative estimate of drug-likeness (QED) is 0.691. The third-order valence-electron chi connectivity index (χ3n) is 2.67. The molecule has 1 aliphatic heterocycles. The Hall–Kier alpha value is -0.960. The van der Waals surface area contributed by atoms with Crippen LogP contribution < -0.4 is 11.1 Å². The van der Waals surface area contributed by atoms with Crippen LogP contribution in [0.5, 0.6) is 0 Å². The molecule has 1 heterocycles. The lowest BCUT2D eigenvalue weighted by Gasteiger charge is -2.24. The molecule has 3 N–H and O–H groups in total. The van der Waals surface area contributed by atoms with Gasteiger partial charge in [0.05, 0.1) is 0 Å². The van der Waals surface area contributed by atoms with E-state index in [1.807, 2.05) is 6.08 Å². The van der Waals surface area contributed by atoms with Crippen LogP contribution in [0.4, 0.5) is 0 Å². The van der Waals surface area contributed by atoms with E-state index in [2.05, 4.69) is 5.32 Å². The van der Waals surface area contributed by atoms with Crippen molar-refractivity contribution in [3.63, 3.8) is 0 Å². The molecule has 1 amide bonds. The highest BCUT2D eigenvalue weighted by atomic mass is 35.5. The molecule has 0 atom stereocenters. The Morgan fingerprint density at radius 2 is 2.07 bits per heavy atom. The molecule has 2 aliphatic rings. The maximum atomic E-state index is 10.9. The molecule has 0 aromatic carbocycles. The lowest BCUT2D eigenvalue weighted by molar-refractivity contribution is -0.114. The van der Waals surface area contributed by atoms with Crippen LogP contribution in [0, 0.1) is 0 Å². The van der Waals surface area contributed by atoms with Crippen molar-refractivity contribution < 1.29 is 4.79 Å². The molecular weight excluding hydrogens is 200 g/mol. The number of nitrogens with one attached hydrogen (secondary N) is 1. The number of dihydropyridines is 1. The summed E-state index contributed by atoms with van der Waals surface area (Å²) in [6.07, 6.45) is 6.65. The SMILES string of the molecule is Cl.NC(=O)C1=CC2=C(CCCC2)NC1. The first kappa shape index (κ1) is 11.1. The summed E-state index contributed by atoms with van der Waals surface area (Å²) >= 11 is 0. The van der Waals surface area contributed by atoms with E-state index in [0.717, 1.165) is 12.8 Å². The number of halogens is 1. The first-order valence-corrected chi connectivity index (χ1v) is 4.73. The van der Waals surface area contributed by atoms with Crippen LogP contribution in [0.15, 0.2) is 22.9 Å². The van der Waals surface area contributed by atoms with Crippen molar-refractivity contribution in [2.75, 3.05) is 6.54 Å². The van der Waals surface area contributed by atoms with Gasteiger partial charge in [-0.05, 0) is 37.3 Å². The van der Waals surface area contributed by atoms with Gasteiger partial charge in [0.1, 0.15) is 0 Å². The van der Waals surface area contributed by atoms with E-state index in [4.69, 9.17) is 5.73 Å². The predicted molar refractivity (Wildman–Crippen MR) is 58.0 cm³/mol. The van der Waals surface area contributed by atoms with Gasteiger partial charge in [-0.3, -0.25) is 4.79 Å². The Morgan fingerprint density at radius 1 is 1.36 bits per heavy atom. The molecule has 0 aromatic heterocycles. The average molecular weight is 215 g/mol. The number of nitrogens with two attached hydrogens (primary N) is 1. The molecule has 78 valence electrons. The van der Waals surface area contributed by atoms with Gasteiger partial charge in [-0.2, -0.15) is 0 Å². The van der Waals surface area contributed by atoms with Gasteiger partial charge in [0.15, 0.2) is 0 Å². The highest BCUT2D eigenvalue weighted by molar-refractivity contribution is 5.93.